The van der Waals surface area contributed by atoms with Gasteiger partial charge in [0, 0.05) is 19.2 Å². The van der Waals surface area contributed by atoms with E-state index in [-0.39, 0.29) is 24.1 Å². The Morgan fingerprint density at radius 2 is 2.30 bits per heavy atom. The molecule has 1 aliphatic heterocycles. The van der Waals surface area contributed by atoms with Gasteiger partial charge in [-0.15, -0.1) is 11.3 Å². The van der Waals surface area contributed by atoms with E-state index in [0.717, 1.165) is 15.2 Å². The zero-order valence-electron chi connectivity index (χ0n) is 14.9. The Bertz CT molecular complexity index is 1010. The van der Waals surface area contributed by atoms with Gasteiger partial charge < -0.3 is 19.4 Å². The van der Waals surface area contributed by atoms with E-state index in [1.165, 1.54) is 11.2 Å². The number of aromatic nitrogens is 2. The SMILES string of the molecule is Cc1nc2cc(OCc3nc(C(=O)N4CCNC(=O)C4C)co3)ccc2s1. The quantitative estimate of drug-likeness (QED) is 0.738. The predicted octanol–water partition coefficient (Wildman–Crippen LogP) is 2.13. The average Bonchev–Trinajstić information content (AvgIpc) is 3.27. The number of carbonyl (C=O) groups excluding carboxylic acids is 2. The number of rotatable bonds is 4. The number of piperazine rings is 1. The number of carbonyl (C=O) groups is 2. The molecule has 1 aromatic carbocycles. The number of aryl methyl sites for hydroxylation is 1. The molecular weight excluding hydrogens is 368 g/mol. The molecular formula is C18H18N4O4S. The van der Waals surface area contributed by atoms with Crippen LogP contribution in [-0.4, -0.2) is 45.8 Å². The van der Waals surface area contributed by atoms with Crippen molar-refractivity contribution in [2.75, 3.05) is 13.1 Å². The summed E-state index contributed by atoms with van der Waals surface area (Å²) in [6.07, 6.45) is 1.30. The molecule has 3 heterocycles. The first-order valence-electron chi connectivity index (χ1n) is 8.54. The summed E-state index contributed by atoms with van der Waals surface area (Å²) in [5.74, 6) is 0.447. The van der Waals surface area contributed by atoms with Gasteiger partial charge in [0.05, 0.1) is 15.2 Å². The minimum atomic E-state index is -0.532. The van der Waals surface area contributed by atoms with Crippen LogP contribution in [0.25, 0.3) is 10.2 Å². The molecule has 0 saturated carbocycles. The van der Waals surface area contributed by atoms with Gasteiger partial charge in [-0.25, -0.2) is 9.97 Å². The third-order valence-electron chi connectivity index (χ3n) is 4.36. The van der Waals surface area contributed by atoms with Gasteiger partial charge in [0.25, 0.3) is 5.91 Å². The van der Waals surface area contributed by atoms with Gasteiger partial charge in [-0.1, -0.05) is 0 Å². The van der Waals surface area contributed by atoms with Gasteiger partial charge in [-0.3, -0.25) is 9.59 Å². The average molecular weight is 386 g/mol. The van der Waals surface area contributed by atoms with Gasteiger partial charge >= 0.3 is 0 Å². The lowest BCUT2D eigenvalue weighted by molar-refractivity contribution is -0.127. The minimum absolute atomic E-state index is 0.0952. The van der Waals surface area contributed by atoms with Crippen molar-refractivity contribution in [1.29, 1.82) is 0 Å². The predicted molar refractivity (Wildman–Crippen MR) is 98.7 cm³/mol. The van der Waals surface area contributed by atoms with Crippen LogP contribution in [0.2, 0.25) is 0 Å². The first-order valence-corrected chi connectivity index (χ1v) is 9.36. The smallest absolute Gasteiger partial charge is 0.276 e. The Balaban J connectivity index is 1.42. The minimum Gasteiger partial charge on any atom is -0.484 e. The summed E-state index contributed by atoms with van der Waals surface area (Å²) in [5.41, 5.74) is 1.05. The molecule has 1 saturated heterocycles. The Kier molecular flexibility index (Phi) is 4.53. The van der Waals surface area contributed by atoms with E-state index >= 15 is 0 Å². The van der Waals surface area contributed by atoms with Gasteiger partial charge in [0.15, 0.2) is 12.3 Å². The van der Waals surface area contributed by atoms with E-state index in [0.29, 0.717) is 24.7 Å². The Morgan fingerprint density at radius 1 is 1.44 bits per heavy atom. The summed E-state index contributed by atoms with van der Waals surface area (Å²) in [5, 5.41) is 3.72. The molecule has 3 aromatic rings. The van der Waals surface area contributed by atoms with Gasteiger partial charge in [0.1, 0.15) is 18.1 Å². The molecule has 1 fully saturated rings. The number of ether oxygens (including phenoxy) is 1. The van der Waals surface area contributed by atoms with Crippen molar-refractivity contribution in [3.05, 3.63) is 41.1 Å². The first-order chi connectivity index (χ1) is 13.0. The molecule has 4 rings (SSSR count). The van der Waals surface area contributed by atoms with Crippen LogP contribution < -0.4 is 10.1 Å². The zero-order chi connectivity index (χ0) is 19.0. The summed E-state index contributed by atoms with van der Waals surface area (Å²) < 4.78 is 12.2. The molecule has 2 aromatic heterocycles. The number of benzene rings is 1. The molecule has 27 heavy (non-hydrogen) atoms. The van der Waals surface area contributed by atoms with Crippen LogP contribution in [0.4, 0.5) is 0 Å². The molecule has 8 nitrogen and oxygen atoms in total. The fraction of sp³-hybridized carbons (Fsp3) is 0.333. The monoisotopic (exact) mass is 386 g/mol. The second-order valence-corrected chi connectivity index (χ2v) is 7.48. The maximum Gasteiger partial charge on any atom is 0.276 e. The van der Waals surface area contributed by atoms with Crippen LogP contribution >= 0.6 is 11.3 Å². The summed E-state index contributed by atoms with van der Waals surface area (Å²) in [6.45, 7) is 4.62. The molecule has 1 atom stereocenters. The van der Waals surface area contributed by atoms with E-state index in [4.69, 9.17) is 9.15 Å². The largest absolute Gasteiger partial charge is 0.484 e. The van der Waals surface area contributed by atoms with Crippen LogP contribution in [0.3, 0.4) is 0 Å². The fourth-order valence-electron chi connectivity index (χ4n) is 2.94. The normalized spacial score (nSPS) is 17.2. The molecule has 140 valence electrons. The van der Waals surface area contributed by atoms with Crippen LogP contribution in [-0.2, 0) is 11.4 Å². The second kappa shape index (κ2) is 6.99. The molecule has 1 unspecified atom stereocenters. The number of amides is 2. The molecule has 0 bridgehead atoms. The number of nitrogens with zero attached hydrogens (tertiary/aromatic N) is 3. The highest BCUT2D eigenvalue weighted by molar-refractivity contribution is 7.18. The lowest BCUT2D eigenvalue weighted by Gasteiger charge is -2.32. The third-order valence-corrected chi connectivity index (χ3v) is 5.31. The Hall–Kier alpha value is -2.94. The molecule has 1 N–H and O–H groups in total. The highest BCUT2D eigenvalue weighted by atomic mass is 32.1. The van der Waals surface area contributed by atoms with Crippen molar-refractivity contribution in [2.45, 2.75) is 26.5 Å². The van der Waals surface area contributed by atoms with Crippen molar-refractivity contribution in [3.63, 3.8) is 0 Å². The zero-order valence-corrected chi connectivity index (χ0v) is 15.7. The van der Waals surface area contributed by atoms with Crippen molar-refractivity contribution in [2.24, 2.45) is 0 Å². The Morgan fingerprint density at radius 3 is 3.15 bits per heavy atom. The van der Waals surface area contributed by atoms with Crippen LogP contribution in [0, 0.1) is 6.92 Å². The number of thiazole rings is 1. The van der Waals surface area contributed by atoms with Crippen molar-refractivity contribution in [1.82, 2.24) is 20.2 Å². The van der Waals surface area contributed by atoms with E-state index < -0.39 is 6.04 Å². The van der Waals surface area contributed by atoms with E-state index in [1.807, 2.05) is 25.1 Å². The van der Waals surface area contributed by atoms with Gasteiger partial charge in [-0.2, -0.15) is 0 Å². The lowest BCUT2D eigenvalue weighted by atomic mass is 10.2. The highest BCUT2D eigenvalue weighted by Crippen LogP contribution is 2.26. The molecule has 0 spiro atoms. The highest BCUT2D eigenvalue weighted by Gasteiger charge is 2.31. The van der Waals surface area contributed by atoms with Crippen molar-refractivity contribution < 1.29 is 18.7 Å². The van der Waals surface area contributed by atoms with Crippen molar-refractivity contribution in [3.8, 4) is 5.75 Å². The second-order valence-electron chi connectivity index (χ2n) is 6.24. The summed E-state index contributed by atoms with van der Waals surface area (Å²) in [6, 6.07) is 5.16. The van der Waals surface area contributed by atoms with Crippen LogP contribution in [0.5, 0.6) is 5.75 Å². The van der Waals surface area contributed by atoms with Gasteiger partial charge in [0.2, 0.25) is 11.8 Å². The number of oxazole rings is 1. The van der Waals surface area contributed by atoms with Crippen LogP contribution in [0.1, 0.15) is 28.3 Å². The van der Waals surface area contributed by atoms with E-state index in [2.05, 4.69) is 15.3 Å². The molecule has 2 amide bonds. The topological polar surface area (TPSA) is 97.6 Å². The standard InChI is InChI=1S/C18H18N4O4S/c1-10-17(23)19-5-6-22(10)18(24)14-8-26-16(21-14)9-25-12-3-4-15-13(7-12)20-11(2)27-15/h3-4,7-8,10H,5-6,9H2,1-2H3,(H,19,23). The van der Waals surface area contributed by atoms with E-state index in [1.54, 1.807) is 18.3 Å². The number of hydrogen-bond acceptors (Lipinski definition) is 7. The maximum absolute atomic E-state index is 12.6. The lowest BCUT2D eigenvalue weighted by Crippen LogP contribution is -2.55. The summed E-state index contributed by atoms with van der Waals surface area (Å²) in [4.78, 5) is 34.4. The number of fused-ring (bicyclic) bond motifs is 1. The summed E-state index contributed by atoms with van der Waals surface area (Å²) >= 11 is 1.63. The number of nitrogens with one attached hydrogen (secondary N) is 1. The molecule has 1 aliphatic rings. The first kappa shape index (κ1) is 17.5. The van der Waals surface area contributed by atoms with Gasteiger partial charge in [-0.05, 0) is 26.0 Å². The Labute approximate surface area is 159 Å². The molecule has 9 heteroatoms. The maximum atomic E-state index is 12.6. The fourth-order valence-corrected chi connectivity index (χ4v) is 3.75. The van der Waals surface area contributed by atoms with Crippen molar-refractivity contribution >= 4 is 33.4 Å². The third kappa shape index (κ3) is 3.50. The van der Waals surface area contributed by atoms with E-state index in [9.17, 15) is 9.59 Å². The summed E-state index contributed by atoms with van der Waals surface area (Å²) in [7, 11) is 0. The van der Waals surface area contributed by atoms with Crippen LogP contribution in [0.15, 0.2) is 28.9 Å². The molecule has 0 aliphatic carbocycles. The molecule has 0 radical (unpaired) electrons. The number of hydrogen-bond donors (Lipinski definition) is 1.